The summed E-state index contributed by atoms with van der Waals surface area (Å²) < 4.78 is 0. The van der Waals surface area contributed by atoms with Gasteiger partial charge in [-0.25, -0.2) is 4.98 Å². The molecule has 0 fully saturated rings. The Bertz CT molecular complexity index is 683. The first-order chi connectivity index (χ1) is 10.7. The van der Waals surface area contributed by atoms with Gasteiger partial charge in [0.25, 0.3) is 5.56 Å². The molecule has 0 saturated carbocycles. The maximum Gasteiger partial charge on any atom is 0.261 e. The van der Waals surface area contributed by atoms with Crippen molar-refractivity contribution in [3.05, 3.63) is 45.6 Å². The summed E-state index contributed by atoms with van der Waals surface area (Å²) in [5, 5.41) is 0.626. The summed E-state index contributed by atoms with van der Waals surface area (Å²) >= 11 is 1.52. The zero-order valence-electron chi connectivity index (χ0n) is 13.6. The Kier molecular flexibility index (Phi) is 8.22. The number of aromatic amines is 1. The number of fused-ring (bicyclic) bond motifs is 1. The second-order valence-corrected chi connectivity index (χ2v) is 5.67. The van der Waals surface area contributed by atoms with E-state index in [1.165, 1.54) is 17.8 Å². The van der Waals surface area contributed by atoms with Gasteiger partial charge in [-0.1, -0.05) is 38.2 Å². The number of thiophene rings is 1. The Hall–Kier alpha value is -1.88. The van der Waals surface area contributed by atoms with Gasteiger partial charge in [-0.15, -0.1) is 11.3 Å². The Morgan fingerprint density at radius 3 is 2.73 bits per heavy atom. The van der Waals surface area contributed by atoms with Crippen LogP contribution < -0.4 is 11.3 Å². The summed E-state index contributed by atoms with van der Waals surface area (Å²) in [5.41, 5.74) is 5.37. The largest absolute Gasteiger partial charge is 0.369 e. The number of anilines is 1. The van der Waals surface area contributed by atoms with Crippen LogP contribution in [-0.4, -0.2) is 9.97 Å². The zero-order chi connectivity index (χ0) is 16.4. The van der Waals surface area contributed by atoms with E-state index in [1.54, 1.807) is 0 Å². The minimum absolute atomic E-state index is 0.162. The van der Waals surface area contributed by atoms with E-state index in [0.29, 0.717) is 10.2 Å². The van der Waals surface area contributed by atoms with Crippen LogP contribution in [0.2, 0.25) is 0 Å². The topological polar surface area (TPSA) is 71.8 Å². The number of H-pyrrole nitrogens is 1. The van der Waals surface area contributed by atoms with Crippen molar-refractivity contribution in [3.8, 4) is 0 Å². The van der Waals surface area contributed by atoms with Crippen LogP contribution in [0.4, 0.5) is 5.95 Å². The highest BCUT2D eigenvalue weighted by Gasteiger charge is 2.06. The number of nitrogen functional groups attached to an aromatic ring is 1. The molecule has 0 radical (unpaired) electrons. The van der Waals surface area contributed by atoms with Gasteiger partial charge in [-0.3, -0.25) is 9.78 Å². The summed E-state index contributed by atoms with van der Waals surface area (Å²) in [6.45, 7) is 6.04. The third kappa shape index (κ3) is 5.48. The van der Waals surface area contributed by atoms with Crippen LogP contribution in [0.15, 0.2) is 35.2 Å². The SMILES string of the molecule is C/C=C\CCC/C=C/Cc1cc2c(=O)[nH]c(N)nc2s1.CC. The van der Waals surface area contributed by atoms with Crippen LogP contribution in [0, 0.1) is 0 Å². The number of unbranched alkanes of at least 4 members (excludes halogenated alkanes) is 2. The highest BCUT2D eigenvalue weighted by atomic mass is 32.1. The summed E-state index contributed by atoms with van der Waals surface area (Å²) in [5.74, 6) is 0.176. The number of aromatic nitrogens is 2. The molecule has 120 valence electrons. The maximum atomic E-state index is 11.7. The van der Waals surface area contributed by atoms with Crippen molar-refractivity contribution >= 4 is 27.5 Å². The minimum atomic E-state index is -0.162. The van der Waals surface area contributed by atoms with Crippen molar-refractivity contribution < 1.29 is 0 Å². The fraction of sp³-hybridized carbons (Fsp3) is 0.412. The molecule has 0 unspecified atom stereocenters. The lowest BCUT2D eigenvalue weighted by Gasteiger charge is -1.90. The molecule has 4 nitrogen and oxygen atoms in total. The first-order valence-electron chi connectivity index (χ1n) is 7.75. The Morgan fingerprint density at radius 1 is 1.27 bits per heavy atom. The van der Waals surface area contributed by atoms with Gasteiger partial charge in [0, 0.05) is 4.88 Å². The predicted molar refractivity (Wildman–Crippen MR) is 97.5 cm³/mol. The average molecular weight is 319 g/mol. The van der Waals surface area contributed by atoms with Gasteiger partial charge in [0.15, 0.2) is 0 Å². The number of nitrogens with one attached hydrogen (secondary N) is 1. The van der Waals surface area contributed by atoms with E-state index in [0.717, 1.165) is 24.1 Å². The van der Waals surface area contributed by atoms with E-state index < -0.39 is 0 Å². The van der Waals surface area contributed by atoms with Gasteiger partial charge in [0.05, 0.1) is 5.39 Å². The molecule has 0 atom stereocenters. The number of nitrogens with zero attached hydrogens (tertiary/aromatic N) is 1. The van der Waals surface area contributed by atoms with Crippen molar-refractivity contribution in [2.45, 2.75) is 46.5 Å². The monoisotopic (exact) mass is 319 g/mol. The van der Waals surface area contributed by atoms with Crippen LogP contribution >= 0.6 is 11.3 Å². The summed E-state index contributed by atoms with van der Waals surface area (Å²) in [6.07, 6.45) is 12.8. The van der Waals surface area contributed by atoms with E-state index in [-0.39, 0.29) is 11.5 Å². The molecule has 2 aromatic rings. The molecule has 22 heavy (non-hydrogen) atoms. The van der Waals surface area contributed by atoms with Crippen molar-refractivity contribution in [2.75, 3.05) is 5.73 Å². The summed E-state index contributed by atoms with van der Waals surface area (Å²) in [4.78, 5) is 20.2. The maximum absolute atomic E-state index is 11.7. The van der Waals surface area contributed by atoms with Gasteiger partial charge in [0.1, 0.15) is 4.83 Å². The van der Waals surface area contributed by atoms with Gasteiger partial charge >= 0.3 is 0 Å². The first kappa shape index (κ1) is 18.2. The van der Waals surface area contributed by atoms with E-state index in [9.17, 15) is 4.79 Å². The van der Waals surface area contributed by atoms with Crippen molar-refractivity contribution in [1.29, 1.82) is 0 Å². The first-order valence-corrected chi connectivity index (χ1v) is 8.56. The standard InChI is InChI=1S/C15H19N3OS.C2H6/c1-2-3-4-5-6-7-8-9-11-10-12-13(19)17-15(16)18-14(12)20-11;1-2/h2-3,7-8,10H,4-6,9H2,1H3,(H3,16,17,18,19);1-2H3/b3-2-,8-7+;. The molecule has 0 aliphatic carbocycles. The molecule has 0 bridgehead atoms. The summed E-state index contributed by atoms with van der Waals surface area (Å²) in [6, 6.07) is 1.90. The van der Waals surface area contributed by atoms with Crippen LogP contribution in [0.1, 0.15) is 44.9 Å². The molecular formula is C17H25N3OS. The van der Waals surface area contributed by atoms with E-state index in [1.807, 2.05) is 26.8 Å². The lowest BCUT2D eigenvalue weighted by atomic mass is 10.2. The van der Waals surface area contributed by atoms with Gasteiger partial charge < -0.3 is 5.73 Å². The van der Waals surface area contributed by atoms with Crippen LogP contribution in [0.5, 0.6) is 0 Å². The van der Waals surface area contributed by atoms with Crippen LogP contribution in [-0.2, 0) is 6.42 Å². The minimum Gasteiger partial charge on any atom is -0.369 e. The van der Waals surface area contributed by atoms with Crippen LogP contribution in [0.25, 0.3) is 10.2 Å². The normalized spacial score (nSPS) is 11.2. The second kappa shape index (κ2) is 9.95. The average Bonchev–Trinajstić information content (AvgIpc) is 2.91. The Morgan fingerprint density at radius 2 is 2.00 bits per heavy atom. The number of rotatable bonds is 6. The van der Waals surface area contributed by atoms with Gasteiger partial charge in [-0.2, -0.15) is 0 Å². The van der Waals surface area contributed by atoms with Crippen molar-refractivity contribution in [1.82, 2.24) is 9.97 Å². The smallest absolute Gasteiger partial charge is 0.261 e. The van der Waals surface area contributed by atoms with E-state index >= 15 is 0 Å². The molecule has 0 saturated heterocycles. The molecule has 2 heterocycles. The fourth-order valence-corrected chi connectivity index (χ4v) is 2.95. The predicted octanol–water partition coefficient (Wildman–Crippen LogP) is 4.44. The zero-order valence-corrected chi connectivity index (χ0v) is 14.4. The Labute approximate surface area is 135 Å². The lowest BCUT2D eigenvalue weighted by molar-refractivity contribution is 0.865. The molecule has 2 rings (SSSR count). The number of nitrogens with two attached hydrogens (primary N) is 1. The fourth-order valence-electron chi connectivity index (χ4n) is 1.94. The highest BCUT2D eigenvalue weighted by Crippen LogP contribution is 2.22. The quantitative estimate of drug-likeness (QED) is 0.611. The third-order valence-corrected chi connectivity index (χ3v) is 3.99. The van der Waals surface area contributed by atoms with Crippen LogP contribution in [0.3, 0.4) is 0 Å². The van der Waals surface area contributed by atoms with Gasteiger partial charge in [-0.05, 0) is 38.7 Å². The molecule has 5 heteroatoms. The number of hydrogen-bond donors (Lipinski definition) is 2. The molecule has 0 amide bonds. The molecule has 0 aromatic carbocycles. The molecule has 3 N–H and O–H groups in total. The second-order valence-electron chi connectivity index (χ2n) is 4.56. The number of hydrogen-bond acceptors (Lipinski definition) is 4. The van der Waals surface area contributed by atoms with Crippen molar-refractivity contribution in [3.63, 3.8) is 0 Å². The van der Waals surface area contributed by atoms with Gasteiger partial charge in [0.2, 0.25) is 5.95 Å². The summed E-state index contributed by atoms with van der Waals surface area (Å²) in [7, 11) is 0. The molecule has 0 aliphatic rings. The lowest BCUT2D eigenvalue weighted by Crippen LogP contribution is -2.09. The molecular weight excluding hydrogens is 294 g/mol. The van der Waals surface area contributed by atoms with E-state index in [4.69, 9.17) is 5.73 Å². The molecule has 0 aliphatic heterocycles. The molecule has 2 aromatic heterocycles. The number of allylic oxidation sites excluding steroid dienone is 4. The van der Waals surface area contributed by atoms with Crippen molar-refractivity contribution in [2.24, 2.45) is 0 Å². The van der Waals surface area contributed by atoms with E-state index in [2.05, 4.69) is 34.3 Å². The molecule has 0 spiro atoms. The Balaban J connectivity index is 0.00000116. The third-order valence-electron chi connectivity index (χ3n) is 2.93. The highest BCUT2D eigenvalue weighted by molar-refractivity contribution is 7.18.